The number of hydrogen-bond donors (Lipinski definition) is 1. The van der Waals surface area contributed by atoms with Crippen LogP contribution in [0.15, 0.2) is 61.1 Å². The Labute approximate surface area is 140 Å². The molecule has 8 heteroatoms. The molecule has 2 aromatic carbocycles. The molecule has 2 heterocycles. The average Bonchev–Trinajstić information content (AvgIpc) is 3.18. The minimum atomic E-state index is -3.70. The van der Waals surface area contributed by atoms with Crippen molar-refractivity contribution in [2.45, 2.75) is 6.29 Å². The zero-order valence-electron chi connectivity index (χ0n) is 12.6. The number of aromatic nitrogens is 2. The van der Waals surface area contributed by atoms with E-state index in [2.05, 4.69) is 19.8 Å². The molecular weight excluding hydrogens is 332 g/mol. The minimum absolute atomic E-state index is 0.0858. The molecule has 4 rings (SSSR count). The van der Waals surface area contributed by atoms with Gasteiger partial charge in [-0.05, 0) is 24.3 Å². The van der Waals surface area contributed by atoms with Crippen LogP contribution in [0, 0.1) is 0 Å². The topological polar surface area (TPSA) is 65.4 Å². The fourth-order valence-corrected chi connectivity index (χ4v) is 2.48. The van der Waals surface area contributed by atoms with Crippen LogP contribution in [-0.4, -0.2) is 21.8 Å². The summed E-state index contributed by atoms with van der Waals surface area (Å²) in [6.45, 7) is 0. The van der Waals surface area contributed by atoms with Gasteiger partial charge < -0.3 is 14.8 Å². The number of hydrogen-bond acceptors (Lipinski definition) is 4. The molecule has 6 nitrogen and oxygen atoms in total. The van der Waals surface area contributed by atoms with E-state index < -0.39 is 12.2 Å². The van der Waals surface area contributed by atoms with Crippen LogP contribution in [0.25, 0.3) is 5.69 Å². The largest absolute Gasteiger partial charge is 0.586 e. The molecule has 0 aliphatic carbocycles. The van der Waals surface area contributed by atoms with Crippen molar-refractivity contribution in [1.29, 1.82) is 0 Å². The first-order chi connectivity index (χ1) is 12.0. The van der Waals surface area contributed by atoms with E-state index in [0.29, 0.717) is 11.4 Å². The summed E-state index contributed by atoms with van der Waals surface area (Å²) in [6, 6.07) is 13.2. The van der Waals surface area contributed by atoms with Gasteiger partial charge in [0.1, 0.15) is 5.69 Å². The van der Waals surface area contributed by atoms with E-state index in [1.54, 1.807) is 4.57 Å². The van der Waals surface area contributed by atoms with Gasteiger partial charge in [0.05, 0.1) is 12.5 Å². The molecule has 3 aromatic rings. The summed E-state index contributed by atoms with van der Waals surface area (Å²) in [5.41, 5.74) is 1.37. The third-order valence-electron chi connectivity index (χ3n) is 3.56. The molecule has 1 aromatic heterocycles. The molecule has 1 aliphatic rings. The maximum Gasteiger partial charge on any atom is 0.586 e. The second-order valence-corrected chi connectivity index (χ2v) is 5.27. The molecular formula is C17H11F2N3O3. The van der Waals surface area contributed by atoms with Gasteiger partial charge in [-0.2, -0.15) is 0 Å². The van der Waals surface area contributed by atoms with Crippen molar-refractivity contribution >= 4 is 11.6 Å². The van der Waals surface area contributed by atoms with Crippen molar-refractivity contribution in [3.8, 4) is 17.2 Å². The Morgan fingerprint density at radius 1 is 1.08 bits per heavy atom. The number of amides is 1. The molecule has 25 heavy (non-hydrogen) atoms. The molecule has 1 N–H and O–H groups in total. The maximum atomic E-state index is 13.1. The van der Waals surface area contributed by atoms with E-state index in [4.69, 9.17) is 0 Å². The molecule has 0 saturated carbocycles. The van der Waals surface area contributed by atoms with Crippen LogP contribution >= 0.6 is 0 Å². The van der Waals surface area contributed by atoms with E-state index in [-0.39, 0.29) is 11.5 Å². The number of halogens is 2. The number of imidazole rings is 1. The SMILES string of the molecule is O=C(Nc1ccc2c(c1)OC(F)(F)O2)c1cncn1-c1ccccc1. The fraction of sp³-hybridized carbons (Fsp3) is 0.0588. The molecule has 1 aliphatic heterocycles. The second kappa shape index (κ2) is 5.59. The lowest BCUT2D eigenvalue weighted by Gasteiger charge is -2.09. The van der Waals surface area contributed by atoms with Crippen molar-refractivity contribution < 1.29 is 23.0 Å². The van der Waals surface area contributed by atoms with Gasteiger partial charge in [0.2, 0.25) is 0 Å². The molecule has 0 atom stereocenters. The first-order valence-corrected chi connectivity index (χ1v) is 7.31. The van der Waals surface area contributed by atoms with Gasteiger partial charge >= 0.3 is 6.29 Å². The number of anilines is 1. The summed E-state index contributed by atoms with van der Waals surface area (Å²) in [5, 5.41) is 2.63. The predicted molar refractivity (Wildman–Crippen MR) is 84.2 cm³/mol. The summed E-state index contributed by atoms with van der Waals surface area (Å²) in [5.74, 6) is -0.663. The molecule has 0 fully saturated rings. The number of fused-ring (bicyclic) bond motifs is 1. The molecule has 0 spiro atoms. The number of para-hydroxylation sites is 1. The van der Waals surface area contributed by atoms with Gasteiger partial charge in [-0.1, -0.05) is 18.2 Å². The van der Waals surface area contributed by atoms with Crippen LogP contribution in [0.3, 0.4) is 0 Å². The highest BCUT2D eigenvalue weighted by atomic mass is 19.3. The summed E-state index contributed by atoms with van der Waals surface area (Å²) in [7, 11) is 0. The van der Waals surface area contributed by atoms with Crippen molar-refractivity contribution in [3.05, 3.63) is 66.7 Å². The van der Waals surface area contributed by atoms with Gasteiger partial charge in [-0.15, -0.1) is 8.78 Å². The van der Waals surface area contributed by atoms with Crippen molar-refractivity contribution in [2.75, 3.05) is 5.32 Å². The molecule has 0 bridgehead atoms. The highest BCUT2D eigenvalue weighted by molar-refractivity contribution is 6.03. The average molecular weight is 343 g/mol. The Hall–Kier alpha value is -3.42. The van der Waals surface area contributed by atoms with Crippen molar-refractivity contribution in [3.63, 3.8) is 0 Å². The zero-order valence-corrected chi connectivity index (χ0v) is 12.6. The fourth-order valence-electron chi connectivity index (χ4n) is 2.48. The Morgan fingerprint density at radius 3 is 2.64 bits per heavy atom. The van der Waals surface area contributed by atoms with E-state index in [1.165, 1.54) is 30.7 Å². The molecule has 1 amide bonds. The van der Waals surface area contributed by atoms with E-state index in [9.17, 15) is 13.6 Å². The third kappa shape index (κ3) is 2.89. The lowest BCUT2D eigenvalue weighted by molar-refractivity contribution is -0.286. The van der Waals surface area contributed by atoms with Crippen LogP contribution in [0.5, 0.6) is 11.5 Å². The lowest BCUT2D eigenvalue weighted by atomic mass is 10.2. The lowest BCUT2D eigenvalue weighted by Crippen LogP contribution is -2.25. The quantitative estimate of drug-likeness (QED) is 0.791. The van der Waals surface area contributed by atoms with E-state index >= 15 is 0 Å². The van der Waals surface area contributed by atoms with Gasteiger partial charge in [0.15, 0.2) is 11.5 Å². The van der Waals surface area contributed by atoms with E-state index in [1.807, 2.05) is 30.3 Å². The minimum Gasteiger partial charge on any atom is -0.395 e. The Bertz CT molecular complexity index is 941. The van der Waals surface area contributed by atoms with Crippen LogP contribution in [0.2, 0.25) is 0 Å². The van der Waals surface area contributed by atoms with Gasteiger partial charge in [-0.3, -0.25) is 9.36 Å². The van der Waals surface area contributed by atoms with Crippen molar-refractivity contribution in [2.24, 2.45) is 0 Å². The highest BCUT2D eigenvalue weighted by Gasteiger charge is 2.43. The number of ether oxygens (including phenoxy) is 2. The molecule has 0 unspecified atom stereocenters. The molecule has 126 valence electrons. The van der Waals surface area contributed by atoms with Crippen LogP contribution in [-0.2, 0) is 0 Å². The third-order valence-corrected chi connectivity index (χ3v) is 3.56. The van der Waals surface area contributed by atoms with Gasteiger partial charge in [-0.25, -0.2) is 4.98 Å². The monoisotopic (exact) mass is 343 g/mol. The van der Waals surface area contributed by atoms with Crippen molar-refractivity contribution in [1.82, 2.24) is 9.55 Å². The number of alkyl halides is 2. The normalized spacial score (nSPS) is 14.3. The van der Waals surface area contributed by atoms with Gasteiger partial charge in [0.25, 0.3) is 5.91 Å². The second-order valence-electron chi connectivity index (χ2n) is 5.27. The number of nitrogens with one attached hydrogen (secondary N) is 1. The summed E-state index contributed by atoms with van der Waals surface area (Å²) in [4.78, 5) is 16.5. The standard InChI is InChI=1S/C17H11F2N3O3/c18-17(19)24-14-7-6-11(8-15(14)25-17)21-16(23)13-9-20-10-22(13)12-4-2-1-3-5-12/h1-10H,(H,21,23). The number of nitrogens with zero attached hydrogens (tertiary/aromatic N) is 2. The van der Waals surface area contributed by atoms with Crippen LogP contribution in [0.1, 0.15) is 10.5 Å². The summed E-state index contributed by atoms with van der Waals surface area (Å²) < 4.78 is 36.4. The molecule has 0 radical (unpaired) electrons. The van der Waals surface area contributed by atoms with Crippen LogP contribution in [0.4, 0.5) is 14.5 Å². The first-order valence-electron chi connectivity index (χ1n) is 7.31. The number of benzene rings is 2. The zero-order chi connectivity index (χ0) is 17.4. The van der Waals surface area contributed by atoms with E-state index in [0.717, 1.165) is 5.69 Å². The first kappa shape index (κ1) is 15.1. The Balaban J connectivity index is 1.58. The Kier molecular flexibility index (Phi) is 3.38. The maximum absolute atomic E-state index is 13.1. The summed E-state index contributed by atoms with van der Waals surface area (Å²) in [6.07, 6.45) is -0.759. The number of carbonyl (C=O) groups excluding carboxylic acids is 1. The summed E-state index contributed by atoms with van der Waals surface area (Å²) >= 11 is 0. The number of carbonyl (C=O) groups is 1. The predicted octanol–water partition coefficient (Wildman–Crippen LogP) is 3.45. The Morgan fingerprint density at radius 2 is 1.84 bits per heavy atom. The highest BCUT2D eigenvalue weighted by Crippen LogP contribution is 2.42. The smallest absolute Gasteiger partial charge is 0.395 e. The molecule has 0 saturated heterocycles. The number of rotatable bonds is 3. The van der Waals surface area contributed by atoms with Crippen LogP contribution < -0.4 is 14.8 Å². The van der Waals surface area contributed by atoms with Gasteiger partial charge in [0, 0.05) is 17.4 Å².